The molecule has 0 spiro atoms. The zero-order valence-electron chi connectivity index (χ0n) is 5.43. The lowest BCUT2D eigenvalue weighted by atomic mass is 10.8. The molecule has 1 aromatic rings. The smallest absolute Gasteiger partial charge is 0.164 e. The first-order chi connectivity index (χ1) is 4.61. The van der Waals surface area contributed by atoms with Crippen molar-refractivity contribution < 1.29 is 9.11 Å². The van der Waals surface area contributed by atoms with E-state index in [0.717, 1.165) is 0 Å². The maximum Gasteiger partial charge on any atom is 0.164 e. The van der Waals surface area contributed by atoms with Crippen molar-refractivity contribution in [3.8, 4) is 0 Å². The van der Waals surface area contributed by atoms with E-state index in [9.17, 15) is 0 Å². The second-order valence-corrected chi connectivity index (χ2v) is 3.96. The average molecular weight is 160 g/mol. The van der Waals surface area contributed by atoms with Gasteiger partial charge in [0, 0.05) is 18.6 Å². The molecule has 0 aliphatic rings. The van der Waals surface area contributed by atoms with Crippen molar-refractivity contribution in [3.63, 3.8) is 0 Å². The maximum atomic E-state index is 9.03. The minimum absolute atomic E-state index is 0.231. The quantitative estimate of drug-likeness (QED) is 0.648. The summed E-state index contributed by atoms with van der Waals surface area (Å²) in [5.74, 6) is 0. The molecule has 0 bridgehead atoms. The van der Waals surface area contributed by atoms with Crippen LogP contribution in [0.3, 0.4) is 0 Å². The summed E-state index contributed by atoms with van der Waals surface area (Å²) in [6.07, 6.45) is 5.56. The van der Waals surface area contributed by atoms with E-state index in [1.165, 1.54) is 24.8 Å². The van der Waals surface area contributed by atoms with Gasteiger partial charge in [0.15, 0.2) is 5.03 Å². The highest BCUT2D eigenvalue weighted by atomic mass is 32.3. The summed E-state index contributed by atoms with van der Waals surface area (Å²) in [5, 5.41) is 0.231. The third kappa shape index (κ3) is 1.66. The van der Waals surface area contributed by atoms with Crippen LogP contribution in [0.5, 0.6) is 0 Å². The Balaban J connectivity index is 2.97. The van der Waals surface area contributed by atoms with Crippen molar-refractivity contribution in [1.82, 2.24) is 9.97 Å². The minimum atomic E-state index is -2.68. The summed E-state index contributed by atoms with van der Waals surface area (Å²) in [7, 11) is -2.68. The maximum absolute atomic E-state index is 9.03. The van der Waals surface area contributed by atoms with E-state index in [1.807, 2.05) is 0 Å². The predicted molar refractivity (Wildman–Crippen MR) is 39.1 cm³/mol. The van der Waals surface area contributed by atoms with Crippen molar-refractivity contribution in [3.05, 3.63) is 18.6 Å². The normalized spacial score (nSPS) is 13.1. The van der Waals surface area contributed by atoms with Gasteiger partial charge in [0.05, 0.1) is 6.20 Å². The Kier molecular flexibility index (Phi) is 1.89. The van der Waals surface area contributed by atoms with E-state index < -0.39 is 10.6 Å². The van der Waals surface area contributed by atoms with Crippen LogP contribution in [0.1, 0.15) is 0 Å². The van der Waals surface area contributed by atoms with Crippen LogP contribution >= 0.6 is 10.6 Å². The van der Waals surface area contributed by atoms with Crippen molar-refractivity contribution in [1.29, 1.82) is 0 Å². The number of aromatic nitrogens is 2. The minimum Gasteiger partial charge on any atom is -0.294 e. The molecule has 1 aromatic heterocycles. The van der Waals surface area contributed by atoms with Gasteiger partial charge < -0.3 is 0 Å². The third-order valence-electron chi connectivity index (χ3n) is 0.936. The number of hydrogen-bond donors (Lipinski definition) is 2. The van der Waals surface area contributed by atoms with Gasteiger partial charge in [0.1, 0.15) is 0 Å². The van der Waals surface area contributed by atoms with Gasteiger partial charge in [-0.2, -0.15) is 10.6 Å². The summed E-state index contributed by atoms with van der Waals surface area (Å²) in [6, 6.07) is 0. The Labute approximate surface area is 60.3 Å². The topological polar surface area (TPSA) is 66.2 Å². The van der Waals surface area contributed by atoms with Crippen molar-refractivity contribution >= 4 is 10.6 Å². The Hall–Kier alpha value is -0.650. The summed E-state index contributed by atoms with van der Waals surface area (Å²) >= 11 is 0. The lowest BCUT2D eigenvalue weighted by molar-refractivity contribution is 0.490. The average Bonchev–Trinajstić information content (AvgIpc) is 1.88. The summed E-state index contributed by atoms with van der Waals surface area (Å²) in [4.78, 5) is 7.41. The molecule has 1 heterocycles. The molecule has 0 unspecified atom stereocenters. The largest absolute Gasteiger partial charge is 0.294 e. The molecular formula is C5H8N2O2S. The molecule has 0 atom stereocenters. The standard InChI is InChI=1S/C5H8N2O2S/c1-10(8,9)5-4-6-2-3-7-5/h2-4,8-9H,1H3. The van der Waals surface area contributed by atoms with Crippen LogP contribution in [0.15, 0.2) is 23.6 Å². The second-order valence-electron chi connectivity index (χ2n) is 1.88. The van der Waals surface area contributed by atoms with Gasteiger partial charge in [-0.25, -0.2) is 4.98 Å². The van der Waals surface area contributed by atoms with E-state index in [0.29, 0.717) is 0 Å². The molecule has 0 aliphatic carbocycles. The molecule has 10 heavy (non-hydrogen) atoms. The lowest BCUT2D eigenvalue weighted by Gasteiger charge is -2.24. The van der Waals surface area contributed by atoms with Gasteiger partial charge in [-0.3, -0.25) is 14.1 Å². The summed E-state index contributed by atoms with van der Waals surface area (Å²) in [5.41, 5.74) is 0. The lowest BCUT2D eigenvalue weighted by Crippen LogP contribution is -1.97. The van der Waals surface area contributed by atoms with E-state index in [2.05, 4.69) is 9.97 Å². The van der Waals surface area contributed by atoms with E-state index in [1.54, 1.807) is 0 Å². The molecular weight excluding hydrogens is 152 g/mol. The van der Waals surface area contributed by atoms with E-state index in [4.69, 9.17) is 9.11 Å². The summed E-state index contributed by atoms with van der Waals surface area (Å²) in [6.45, 7) is 0. The molecule has 0 fully saturated rings. The first kappa shape index (κ1) is 7.46. The zero-order chi connectivity index (χ0) is 7.61. The Morgan fingerprint density at radius 2 is 2.10 bits per heavy atom. The second kappa shape index (κ2) is 2.53. The van der Waals surface area contributed by atoms with Crippen LogP contribution in [0.25, 0.3) is 0 Å². The molecule has 1 rings (SSSR count). The fraction of sp³-hybridized carbons (Fsp3) is 0.200. The highest BCUT2D eigenvalue weighted by Crippen LogP contribution is 2.41. The Morgan fingerprint density at radius 1 is 1.40 bits per heavy atom. The molecule has 0 saturated heterocycles. The summed E-state index contributed by atoms with van der Waals surface area (Å²) < 4.78 is 18.1. The molecule has 0 aliphatic heterocycles. The molecule has 2 N–H and O–H groups in total. The van der Waals surface area contributed by atoms with Crippen LogP contribution in [0, 0.1) is 0 Å². The molecule has 0 radical (unpaired) electrons. The molecule has 56 valence electrons. The first-order valence-corrected chi connectivity index (χ1v) is 4.55. The van der Waals surface area contributed by atoms with Crippen LogP contribution in [0.4, 0.5) is 0 Å². The number of nitrogens with zero attached hydrogens (tertiary/aromatic N) is 2. The Bertz CT molecular complexity index is 209. The van der Waals surface area contributed by atoms with Gasteiger partial charge >= 0.3 is 0 Å². The van der Waals surface area contributed by atoms with Crippen LogP contribution in [-0.2, 0) is 0 Å². The predicted octanol–water partition coefficient (Wildman–Crippen LogP) is 1.22. The van der Waals surface area contributed by atoms with E-state index in [-0.39, 0.29) is 5.03 Å². The SMILES string of the molecule is CS(O)(O)c1cnccn1. The molecule has 0 aromatic carbocycles. The van der Waals surface area contributed by atoms with Crippen LogP contribution < -0.4 is 0 Å². The highest BCUT2D eigenvalue weighted by molar-refractivity contribution is 8.23. The highest BCUT2D eigenvalue weighted by Gasteiger charge is 2.08. The Morgan fingerprint density at radius 3 is 2.40 bits per heavy atom. The first-order valence-electron chi connectivity index (χ1n) is 2.60. The monoisotopic (exact) mass is 160 g/mol. The fourth-order valence-corrected chi connectivity index (χ4v) is 1.01. The van der Waals surface area contributed by atoms with Crippen LogP contribution in [0.2, 0.25) is 0 Å². The van der Waals surface area contributed by atoms with Gasteiger partial charge in [-0.05, 0) is 0 Å². The van der Waals surface area contributed by atoms with Gasteiger partial charge in [0.2, 0.25) is 0 Å². The van der Waals surface area contributed by atoms with Crippen molar-refractivity contribution in [2.45, 2.75) is 5.03 Å². The molecule has 5 heteroatoms. The molecule has 0 saturated carbocycles. The fourth-order valence-electron chi connectivity index (χ4n) is 0.485. The van der Waals surface area contributed by atoms with Crippen LogP contribution in [-0.4, -0.2) is 25.3 Å². The van der Waals surface area contributed by atoms with Gasteiger partial charge in [0.25, 0.3) is 0 Å². The van der Waals surface area contributed by atoms with Crippen molar-refractivity contribution in [2.24, 2.45) is 0 Å². The van der Waals surface area contributed by atoms with E-state index >= 15 is 0 Å². The number of hydrogen-bond acceptors (Lipinski definition) is 4. The van der Waals surface area contributed by atoms with Crippen molar-refractivity contribution in [2.75, 3.05) is 6.26 Å². The van der Waals surface area contributed by atoms with Gasteiger partial charge in [-0.1, -0.05) is 0 Å². The zero-order valence-corrected chi connectivity index (χ0v) is 6.25. The number of rotatable bonds is 1. The van der Waals surface area contributed by atoms with Gasteiger partial charge in [-0.15, -0.1) is 0 Å². The molecule has 4 nitrogen and oxygen atoms in total. The third-order valence-corrected chi connectivity index (χ3v) is 1.94. The molecule has 0 amide bonds.